The van der Waals surface area contributed by atoms with E-state index in [1.54, 1.807) is 30.7 Å². The fourth-order valence-electron chi connectivity index (χ4n) is 2.12. The normalized spacial score (nSPS) is 14.0. The van der Waals surface area contributed by atoms with Gasteiger partial charge in [0.15, 0.2) is 18.2 Å². The summed E-state index contributed by atoms with van der Waals surface area (Å²) in [5.41, 5.74) is 0.997. The maximum atomic E-state index is 12.3. The predicted molar refractivity (Wildman–Crippen MR) is 90.4 cm³/mol. The number of ketones is 1. The van der Waals surface area contributed by atoms with E-state index in [1.807, 2.05) is 48.6 Å². The Kier molecular flexibility index (Phi) is 5.76. The molecule has 1 aliphatic rings. The number of carbonyl (C=O) groups excluding carboxylic acids is 1. The number of hydrogen-bond donors (Lipinski definition) is 0. The van der Waals surface area contributed by atoms with Gasteiger partial charge in [-0.2, -0.15) is 4.57 Å². The lowest BCUT2D eigenvalue weighted by Crippen LogP contribution is -2.37. The first kappa shape index (κ1) is 17.7. The summed E-state index contributed by atoms with van der Waals surface area (Å²) in [5.74, 6) is 0.0989. The molecule has 24 heavy (non-hydrogen) atoms. The molecule has 126 valence electrons. The van der Waals surface area contributed by atoms with Crippen molar-refractivity contribution in [1.29, 1.82) is 0 Å². The molecule has 0 fully saturated rings. The third-order valence-electron chi connectivity index (χ3n) is 3.40. The molecule has 0 N–H and O–H groups in total. The van der Waals surface area contributed by atoms with Crippen LogP contribution in [0.4, 0.5) is 0 Å². The SMILES string of the molecule is CC(C)(C)C(=O)c1ccc[n+](COCN2C=CC(=CN=O)C=C2)c1. The van der Waals surface area contributed by atoms with Gasteiger partial charge < -0.3 is 9.64 Å². The van der Waals surface area contributed by atoms with Crippen molar-refractivity contribution in [2.24, 2.45) is 10.6 Å². The van der Waals surface area contributed by atoms with Crippen LogP contribution in [0.5, 0.6) is 0 Å². The minimum Gasteiger partial charge on any atom is -0.331 e. The number of Topliss-reactive ketones (excluding diaryl/α,β-unsaturated/α-hetero) is 1. The van der Waals surface area contributed by atoms with Crippen LogP contribution in [0.25, 0.3) is 0 Å². The second kappa shape index (κ2) is 7.79. The van der Waals surface area contributed by atoms with Crippen molar-refractivity contribution in [3.8, 4) is 0 Å². The highest BCUT2D eigenvalue weighted by molar-refractivity contribution is 5.99. The summed E-state index contributed by atoms with van der Waals surface area (Å²) in [4.78, 5) is 24.3. The summed E-state index contributed by atoms with van der Waals surface area (Å²) >= 11 is 0. The summed E-state index contributed by atoms with van der Waals surface area (Å²) in [5, 5.41) is 2.73. The maximum absolute atomic E-state index is 12.3. The number of allylic oxidation sites excluding steroid dienone is 3. The Labute approximate surface area is 141 Å². The van der Waals surface area contributed by atoms with Gasteiger partial charge in [-0.05, 0) is 29.0 Å². The van der Waals surface area contributed by atoms with Crippen LogP contribution in [0.1, 0.15) is 31.1 Å². The molecule has 0 saturated heterocycles. The third-order valence-corrected chi connectivity index (χ3v) is 3.40. The van der Waals surface area contributed by atoms with Crippen LogP contribution in [0.15, 0.2) is 66.0 Å². The molecule has 0 aromatic carbocycles. The van der Waals surface area contributed by atoms with Crippen LogP contribution in [-0.4, -0.2) is 17.4 Å². The molecule has 2 heterocycles. The first-order valence-electron chi connectivity index (χ1n) is 7.66. The molecule has 1 aromatic rings. The average Bonchev–Trinajstić information content (AvgIpc) is 2.55. The summed E-state index contributed by atoms with van der Waals surface area (Å²) in [6.07, 6.45) is 12.1. The van der Waals surface area contributed by atoms with E-state index in [4.69, 9.17) is 4.74 Å². The Morgan fingerprint density at radius 2 is 2.04 bits per heavy atom. The van der Waals surface area contributed by atoms with Crippen molar-refractivity contribution in [2.75, 3.05) is 6.73 Å². The van der Waals surface area contributed by atoms with Crippen molar-refractivity contribution >= 4 is 5.78 Å². The van der Waals surface area contributed by atoms with Gasteiger partial charge in [-0.1, -0.05) is 20.8 Å². The highest BCUT2D eigenvalue weighted by Gasteiger charge is 2.24. The Morgan fingerprint density at radius 3 is 2.67 bits per heavy atom. The third kappa shape index (κ3) is 4.96. The molecule has 1 aliphatic heterocycles. The topological polar surface area (TPSA) is 62.9 Å². The molecule has 0 amide bonds. The number of hydrogen-bond acceptors (Lipinski definition) is 5. The van der Waals surface area contributed by atoms with Gasteiger partial charge in [0.05, 0.1) is 11.8 Å². The monoisotopic (exact) mass is 328 g/mol. The maximum Gasteiger partial charge on any atom is 0.254 e. The fourth-order valence-corrected chi connectivity index (χ4v) is 2.12. The Balaban J connectivity index is 1.89. The van der Waals surface area contributed by atoms with Crippen molar-refractivity contribution in [1.82, 2.24) is 4.90 Å². The molecule has 0 atom stereocenters. The van der Waals surface area contributed by atoms with E-state index in [9.17, 15) is 9.70 Å². The Morgan fingerprint density at radius 1 is 1.33 bits per heavy atom. The minimum absolute atomic E-state index is 0.0989. The smallest absolute Gasteiger partial charge is 0.254 e. The molecule has 0 spiro atoms. The molecular weight excluding hydrogens is 306 g/mol. The molecule has 0 saturated carbocycles. The zero-order valence-electron chi connectivity index (χ0n) is 14.2. The number of ether oxygens (including phenoxy) is 1. The molecule has 0 bridgehead atoms. The standard InChI is InChI=1S/C18H22N3O3/c1-18(2,3)17(22)16-5-4-8-21(12-16)14-24-13-20-9-6-15(7-10-20)11-19-23/h4-12H,13-14H2,1-3H3/q+1. The molecule has 6 nitrogen and oxygen atoms in total. The van der Waals surface area contributed by atoms with E-state index in [0.717, 1.165) is 5.57 Å². The first-order chi connectivity index (χ1) is 11.4. The van der Waals surface area contributed by atoms with Crippen molar-refractivity contribution < 1.29 is 14.1 Å². The van der Waals surface area contributed by atoms with Crippen LogP contribution in [0.3, 0.4) is 0 Å². The van der Waals surface area contributed by atoms with Gasteiger partial charge in [0, 0.05) is 23.9 Å². The summed E-state index contributed by atoms with van der Waals surface area (Å²) < 4.78 is 7.48. The molecule has 1 aromatic heterocycles. The fraction of sp³-hybridized carbons (Fsp3) is 0.333. The number of nitroso groups, excluding NO2 is 1. The van der Waals surface area contributed by atoms with Gasteiger partial charge in [0.1, 0.15) is 6.73 Å². The number of nitrogens with zero attached hydrogens (tertiary/aromatic N) is 3. The second-order valence-corrected chi connectivity index (χ2v) is 6.53. The molecule has 0 radical (unpaired) electrons. The zero-order chi connectivity index (χ0) is 17.6. The van der Waals surface area contributed by atoms with Gasteiger partial charge in [0.25, 0.3) is 6.73 Å². The average molecular weight is 328 g/mol. The van der Waals surface area contributed by atoms with E-state index in [-0.39, 0.29) is 5.78 Å². The quantitative estimate of drug-likeness (QED) is 0.457. The summed E-state index contributed by atoms with van der Waals surface area (Å²) in [6, 6.07) is 3.65. The number of aromatic nitrogens is 1. The van der Waals surface area contributed by atoms with E-state index in [1.165, 1.54) is 6.20 Å². The lowest BCUT2D eigenvalue weighted by Gasteiger charge is -2.17. The van der Waals surface area contributed by atoms with Gasteiger partial charge in [-0.3, -0.25) is 4.79 Å². The van der Waals surface area contributed by atoms with E-state index >= 15 is 0 Å². The molecule has 2 rings (SSSR count). The molecule has 0 unspecified atom stereocenters. The lowest BCUT2D eigenvalue weighted by molar-refractivity contribution is -0.733. The van der Waals surface area contributed by atoms with Crippen molar-refractivity contribution in [2.45, 2.75) is 27.5 Å². The second-order valence-electron chi connectivity index (χ2n) is 6.53. The van der Waals surface area contributed by atoms with Crippen LogP contribution < -0.4 is 4.57 Å². The molecular formula is C18H22N3O3+. The van der Waals surface area contributed by atoms with E-state index < -0.39 is 5.41 Å². The summed E-state index contributed by atoms with van der Waals surface area (Å²) in [6.45, 7) is 6.41. The highest BCUT2D eigenvalue weighted by atomic mass is 16.5. The lowest BCUT2D eigenvalue weighted by atomic mass is 9.87. The van der Waals surface area contributed by atoms with Crippen molar-refractivity contribution in [3.63, 3.8) is 0 Å². The highest BCUT2D eigenvalue weighted by Crippen LogP contribution is 2.19. The van der Waals surface area contributed by atoms with Crippen LogP contribution in [0.2, 0.25) is 0 Å². The van der Waals surface area contributed by atoms with E-state index in [0.29, 0.717) is 19.0 Å². The van der Waals surface area contributed by atoms with Crippen LogP contribution in [-0.2, 0) is 11.5 Å². The van der Waals surface area contributed by atoms with Gasteiger partial charge >= 0.3 is 0 Å². The Hall–Kier alpha value is -2.60. The number of carbonyl (C=O) groups is 1. The zero-order valence-corrected chi connectivity index (χ0v) is 14.2. The van der Waals surface area contributed by atoms with E-state index in [2.05, 4.69) is 5.18 Å². The number of rotatable bonds is 6. The minimum atomic E-state index is -0.412. The molecule has 6 heteroatoms. The first-order valence-corrected chi connectivity index (χ1v) is 7.66. The van der Waals surface area contributed by atoms with Gasteiger partial charge in [-0.15, -0.1) is 4.91 Å². The Bertz CT molecular complexity index is 684. The van der Waals surface area contributed by atoms with Gasteiger partial charge in [-0.25, -0.2) is 0 Å². The summed E-state index contributed by atoms with van der Waals surface area (Å²) in [7, 11) is 0. The van der Waals surface area contributed by atoms with Crippen LogP contribution in [0, 0.1) is 10.3 Å². The molecule has 0 aliphatic carbocycles. The number of pyridine rings is 1. The largest absolute Gasteiger partial charge is 0.331 e. The van der Waals surface area contributed by atoms with Gasteiger partial charge in [0.2, 0.25) is 0 Å². The van der Waals surface area contributed by atoms with Crippen LogP contribution >= 0.6 is 0 Å². The predicted octanol–water partition coefficient (Wildman–Crippen LogP) is 3.13. The van der Waals surface area contributed by atoms with Crippen molar-refractivity contribution in [3.05, 3.63) is 71.3 Å².